The molecule has 1 aliphatic heterocycles. The van der Waals surface area contributed by atoms with E-state index in [9.17, 15) is 4.79 Å². The molecule has 1 rings (SSSR count). The molecule has 0 aliphatic carbocycles. The van der Waals surface area contributed by atoms with Gasteiger partial charge in [0.1, 0.15) is 17.8 Å². The first-order chi connectivity index (χ1) is 6.81. The minimum atomic E-state index is -0.457. The van der Waals surface area contributed by atoms with Crippen molar-refractivity contribution in [2.24, 2.45) is 5.92 Å². The van der Waals surface area contributed by atoms with Gasteiger partial charge < -0.3 is 4.74 Å². The lowest BCUT2D eigenvalue weighted by atomic mass is 10.1. The van der Waals surface area contributed by atoms with Gasteiger partial charge in [0.2, 0.25) is 0 Å². The van der Waals surface area contributed by atoms with Crippen LogP contribution in [0.25, 0.3) is 0 Å². The molecule has 0 saturated carbocycles. The van der Waals surface area contributed by atoms with E-state index in [1.165, 1.54) is 0 Å². The van der Waals surface area contributed by atoms with Gasteiger partial charge in [0, 0.05) is 0 Å². The van der Waals surface area contributed by atoms with Gasteiger partial charge in [0.25, 0.3) is 0 Å². The Morgan fingerprint density at radius 2 is 2.13 bits per heavy atom. The van der Waals surface area contributed by atoms with Crippen LogP contribution < -0.4 is 0 Å². The third kappa shape index (κ3) is 3.57. The fraction of sp³-hybridized carbons (Fsp3) is 0.900. The Kier molecular flexibility index (Phi) is 3.89. The highest BCUT2D eigenvalue weighted by molar-refractivity contribution is 7.93. The maximum absolute atomic E-state index is 11.8. The molecular weight excluding hydrogens is 214 g/mol. The fourth-order valence-electron chi connectivity index (χ4n) is 1.22. The molecule has 1 amide bonds. The van der Waals surface area contributed by atoms with Crippen LogP contribution in [0.1, 0.15) is 34.6 Å². The van der Waals surface area contributed by atoms with E-state index in [-0.39, 0.29) is 12.1 Å². The molecule has 0 aromatic heterocycles. The molecule has 15 heavy (non-hydrogen) atoms. The molecule has 0 radical (unpaired) electrons. The topological polar surface area (TPSA) is 38.8 Å². The van der Waals surface area contributed by atoms with Crippen LogP contribution in [0.5, 0.6) is 0 Å². The predicted octanol–water partition coefficient (Wildman–Crippen LogP) is 2.84. The molecule has 88 valence electrons. The number of nitrogens with zero attached hydrogens (tertiary/aromatic N) is 1. The summed E-state index contributed by atoms with van der Waals surface area (Å²) in [6.45, 7) is 10.3. The van der Waals surface area contributed by atoms with E-state index >= 15 is 0 Å². The van der Waals surface area contributed by atoms with E-state index < -0.39 is 5.60 Å². The molecule has 0 bridgehead atoms. The van der Waals surface area contributed by atoms with Crippen molar-refractivity contribution in [1.82, 2.24) is 4.31 Å². The van der Waals surface area contributed by atoms with Crippen LogP contribution in [-0.4, -0.2) is 28.6 Å². The molecule has 0 spiro atoms. The monoisotopic (exact) mass is 233 g/mol. The third-order valence-corrected chi connectivity index (χ3v) is 2.84. The zero-order valence-electron chi connectivity index (χ0n) is 9.94. The minimum absolute atomic E-state index is 0.102. The van der Waals surface area contributed by atoms with Gasteiger partial charge in [-0.15, -0.1) is 0 Å². The Morgan fingerprint density at radius 3 is 2.60 bits per heavy atom. The van der Waals surface area contributed by atoms with Crippen LogP contribution in [0, 0.1) is 5.92 Å². The Labute approximate surface area is 95.6 Å². The summed E-state index contributed by atoms with van der Waals surface area (Å²) in [6, 6.07) is 0.102. The van der Waals surface area contributed by atoms with Gasteiger partial charge in [-0.2, -0.15) is 0 Å². The summed E-state index contributed by atoms with van der Waals surface area (Å²) in [6.07, 6.45) is -0.316. The summed E-state index contributed by atoms with van der Waals surface area (Å²) in [7, 11) is 0. The molecule has 4 nitrogen and oxygen atoms in total. The average molecular weight is 233 g/mol. The van der Waals surface area contributed by atoms with Crippen molar-refractivity contribution in [2.75, 3.05) is 6.61 Å². The molecule has 0 aromatic carbocycles. The molecule has 5 heteroatoms. The van der Waals surface area contributed by atoms with Gasteiger partial charge in [0.15, 0.2) is 0 Å². The quantitative estimate of drug-likeness (QED) is 0.515. The Bertz CT molecular complexity index is 237. The molecule has 0 unspecified atom stereocenters. The van der Waals surface area contributed by atoms with Crippen molar-refractivity contribution in [1.29, 1.82) is 0 Å². The molecule has 1 aliphatic rings. The number of rotatable bonds is 1. The zero-order chi connectivity index (χ0) is 11.6. The van der Waals surface area contributed by atoms with Crippen LogP contribution in [0.3, 0.4) is 0 Å². The number of carbonyl (C=O) groups excluding carboxylic acids is 1. The highest BCUT2D eigenvalue weighted by atomic mass is 32.2. The average Bonchev–Trinajstić information content (AvgIpc) is 2.47. The van der Waals surface area contributed by atoms with Crippen molar-refractivity contribution in [3.63, 3.8) is 0 Å². The van der Waals surface area contributed by atoms with Crippen molar-refractivity contribution < 1.29 is 13.7 Å². The van der Waals surface area contributed by atoms with Crippen LogP contribution in [0.4, 0.5) is 4.79 Å². The number of carbonyl (C=O) groups is 1. The number of amides is 1. The highest BCUT2D eigenvalue weighted by Gasteiger charge is 2.36. The standard InChI is InChI=1S/C10H19NO3S/c1-7(2)8-6-13-15-11(8)9(12)14-10(3,4)5/h7-8H,6H2,1-5H3/t8-/m0/s1. The van der Waals surface area contributed by atoms with Gasteiger partial charge >= 0.3 is 6.09 Å². The SMILES string of the molecule is CC(C)[C@@H]1COSN1C(=O)OC(C)(C)C. The summed E-state index contributed by atoms with van der Waals surface area (Å²) < 4.78 is 12.1. The van der Waals surface area contributed by atoms with Crippen molar-refractivity contribution in [3.05, 3.63) is 0 Å². The van der Waals surface area contributed by atoms with E-state index in [0.717, 1.165) is 12.2 Å². The first kappa shape index (κ1) is 12.6. The maximum atomic E-state index is 11.8. The van der Waals surface area contributed by atoms with E-state index in [4.69, 9.17) is 8.92 Å². The van der Waals surface area contributed by atoms with Gasteiger partial charge in [-0.3, -0.25) is 4.18 Å². The number of hydrogen-bond acceptors (Lipinski definition) is 4. The first-order valence-electron chi connectivity index (χ1n) is 5.13. The van der Waals surface area contributed by atoms with Crippen LogP contribution in [0.2, 0.25) is 0 Å². The molecule has 0 aromatic rings. The zero-order valence-corrected chi connectivity index (χ0v) is 10.8. The van der Waals surface area contributed by atoms with Crippen molar-refractivity contribution in [3.8, 4) is 0 Å². The van der Waals surface area contributed by atoms with Crippen LogP contribution in [-0.2, 0) is 8.92 Å². The van der Waals surface area contributed by atoms with E-state index in [0.29, 0.717) is 12.5 Å². The predicted molar refractivity (Wildman–Crippen MR) is 60.2 cm³/mol. The Balaban J connectivity index is 2.59. The first-order valence-corrected chi connectivity index (χ1v) is 5.83. The molecule has 0 N–H and O–H groups in total. The maximum Gasteiger partial charge on any atom is 0.422 e. The summed E-state index contributed by atoms with van der Waals surface area (Å²) >= 11 is 1.09. The number of hydrogen-bond donors (Lipinski definition) is 0. The smallest absolute Gasteiger partial charge is 0.422 e. The number of ether oxygens (including phenoxy) is 1. The van der Waals surface area contributed by atoms with E-state index in [2.05, 4.69) is 13.8 Å². The lowest BCUT2D eigenvalue weighted by molar-refractivity contribution is 0.0342. The largest absolute Gasteiger partial charge is 0.443 e. The van der Waals surface area contributed by atoms with Gasteiger partial charge in [-0.05, 0) is 26.7 Å². The molecule has 1 heterocycles. The lowest BCUT2D eigenvalue weighted by Gasteiger charge is -2.27. The molecule has 1 atom stereocenters. The molecular formula is C10H19NO3S. The molecule has 1 fully saturated rings. The third-order valence-electron chi connectivity index (χ3n) is 2.02. The summed E-state index contributed by atoms with van der Waals surface area (Å²) in [4.78, 5) is 11.8. The Hall–Kier alpha value is -0.420. The van der Waals surface area contributed by atoms with Crippen LogP contribution >= 0.6 is 12.2 Å². The van der Waals surface area contributed by atoms with Gasteiger partial charge in [0.05, 0.1) is 12.6 Å². The van der Waals surface area contributed by atoms with E-state index in [1.807, 2.05) is 20.8 Å². The summed E-state index contributed by atoms with van der Waals surface area (Å²) in [5, 5.41) is 0. The fourth-order valence-corrected chi connectivity index (χ4v) is 2.04. The minimum Gasteiger partial charge on any atom is -0.443 e. The summed E-state index contributed by atoms with van der Waals surface area (Å²) in [5.74, 6) is 0.368. The van der Waals surface area contributed by atoms with Gasteiger partial charge in [-0.1, -0.05) is 13.8 Å². The second kappa shape index (κ2) is 4.61. The lowest BCUT2D eigenvalue weighted by Crippen LogP contribution is -2.39. The normalized spacial score (nSPS) is 22.3. The second-order valence-electron chi connectivity index (χ2n) is 4.98. The van der Waals surface area contributed by atoms with Crippen LogP contribution in [0.15, 0.2) is 0 Å². The molecule has 1 saturated heterocycles. The second-order valence-corrected chi connectivity index (χ2v) is 5.75. The Morgan fingerprint density at radius 1 is 1.53 bits per heavy atom. The van der Waals surface area contributed by atoms with Crippen molar-refractivity contribution >= 4 is 18.3 Å². The highest BCUT2D eigenvalue weighted by Crippen LogP contribution is 2.30. The van der Waals surface area contributed by atoms with E-state index in [1.54, 1.807) is 4.31 Å². The van der Waals surface area contributed by atoms with Gasteiger partial charge in [-0.25, -0.2) is 9.10 Å². The summed E-state index contributed by atoms with van der Waals surface area (Å²) in [5.41, 5.74) is -0.457. The van der Waals surface area contributed by atoms with Crippen molar-refractivity contribution in [2.45, 2.75) is 46.3 Å².